The van der Waals surface area contributed by atoms with E-state index in [0.717, 1.165) is 40.0 Å². The second-order valence-electron chi connectivity index (χ2n) is 24.0. The van der Waals surface area contributed by atoms with Gasteiger partial charge in [0.2, 0.25) is 41.4 Å². The van der Waals surface area contributed by atoms with Crippen LogP contribution in [-0.4, -0.2) is 190 Å². The van der Waals surface area contributed by atoms with Gasteiger partial charge in [-0.2, -0.15) is 8.78 Å². The maximum Gasteiger partial charge on any atom is 0.399 e. The number of alkyl halides is 4. The van der Waals surface area contributed by atoms with E-state index in [1.54, 1.807) is 18.2 Å². The Morgan fingerprint density at radius 1 is 0.798 bits per heavy atom. The fraction of sp³-hybridized carbons (Fsp3) is 0.492. The lowest BCUT2D eigenvalue weighted by molar-refractivity contribution is -0.144. The van der Waals surface area contributed by atoms with Crippen LogP contribution in [0.2, 0.25) is 0 Å². The lowest BCUT2D eigenvalue weighted by Crippen LogP contribution is -2.62. The predicted molar refractivity (Wildman–Crippen MR) is 316 cm³/mol. The first-order chi connectivity index (χ1) is 42.0. The summed E-state index contributed by atoms with van der Waals surface area (Å²) in [5, 5.41) is 13.2. The third-order valence-corrected chi connectivity index (χ3v) is 18.9. The number of primary amides is 1. The van der Waals surface area contributed by atoms with Crippen molar-refractivity contribution in [2.24, 2.45) is 5.73 Å². The summed E-state index contributed by atoms with van der Waals surface area (Å²) in [7, 11) is -5.94. The summed E-state index contributed by atoms with van der Waals surface area (Å²) in [6.07, 6.45) is -3.13. The molecule has 6 atom stereocenters. The van der Waals surface area contributed by atoms with Crippen LogP contribution < -0.4 is 37.2 Å². The summed E-state index contributed by atoms with van der Waals surface area (Å²) >= 11 is 0.805. The van der Waals surface area contributed by atoms with Gasteiger partial charge in [-0.25, -0.2) is 8.78 Å². The zero-order valence-electron chi connectivity index (χ0n) is 49.0. The Morgan fingerprint density at radius 2 is 1.49 bits per heavy atom. The van der Waals surface area contributed by atoms with E-state index < -0.39 is 134 Å². The summed E-state index contributed by atoms with van der Waals surface area (Å²) < 4.78 is 69.0. The maximum absolute atomic E-state index is 14.7. The van der Waals surface area contributed by atoms with Crippen LogP contribution in [-0.2, 0) is 55.6 Å². The molecule has 4 aromatic rings. The third kappa shape index (κ3) is 15.0. The minimum atomic E-state index is -5.94. The second kappa shape index (κ2) is 26.8. The number of anilines is 1. The number of benzene rings is 3. The molecule has 5 aliphatic rings. The topological polar surface area (TPSA) is 331 Å². The Morgan fingerprint density at radius 3 is 2.16 bits per heavy atom. The van der Waals surface area contributed by atoms with Crippen molar-refractivity contribution in [2.45, 2.75) is 126 Å². The standard InChI is InChI=1S/C59H70F4N11O13PS/c1-58(2,3)34-6-4-32(5-7-34)26-41(50(77)65-19-21-70-22-24-72(25-23-70)37-9-11-38-39(29-37)56(83)74(55(38)82)44-14-17-49(76)69-53(44)80)67-51(78)40(12-16-48(64)75)66-52(79)43-13-10-36-18-20-71(31-47(60)61)30-42(57(84)73(36)43)68-54(81)46-28-33-27-35(8-15-45(33)89-46)59(62,63)88(85,86)87/h4-9,11,15,27-29,36,40-44,47H,10,12-14,16-26,30-31H2,1-3H3,(H2,64,75)(H,65,77)(H,66,79)(H,67,78)(H,68,81)(H,69,76,80)(H2,85,86,87)/t36-,40+,41+,42+,43+,44?/m1/s1. The third-order valence-electron chi connectivity index (χ3n) is 16.8. The molecule has 478 valence electrons. The van der Waals surface area contributed by atoms with E-state index in [-0.39, 0.29) is 96.0 Å². The average Bonchev–Trinajstić information content (AvgIpc) is 1.81. The van der Waals surface area contributed by atoms with Crippen LogP contribution in [0, 0.1) is 0 Å². The first-order valence-corrected chi connectivity index (χ1v) is 31.6. The molecule has 0 bridgehead atoms. The second-order valence-corrected chi connectivity index (χ2v) is 26.7. The van der Waals surface area contributed by atoms with Crippen LogP contribution in [0.25, 0.3) is 10.1 Å². The highest BCUT2D eigenvalue weighted by Crippen LogP contribution is 2.59. The van der Waals surface area contributed by atoms with Crippen LogP contribution >= 0.6 is 18.9 Å². The predicted octanol–water partition coefficient (Wildman–Crippen LogP) is 2.67. The fourth-order valence-electron chi connectivity index (χ4n) is 11.9. The van der Waals surface area contributed by atoms with Crippen molar-refractivity contribution in [3.63, 3.8) is 0 Å². The van der Waals surface area contributed by atoms with E-state index in [9.17, 15) is 79.9 Å². The van der Waals surface area contributed by atoms with E-state index in [1.165, 1.54) is 15.9 Å². The van der Waals surface area contributed by atoms with Crippen molar-refractivity contribution in [1.82, 2.24) is 46.2 Å². The molecular weight excluding hydrogens is 1210 g/mol. The lowest BCUT2D eigenvalue weighted by Gasteiger charge is -2.38. The summed E-state index contributed by atoms with van der Waals surface area (Å²) in [6.45, 7) is 7.57. The molecule has 4 saturated heterocycles. The van der Waals surface area contributed by atoms with Gasteiger partial charge in [0.15, 0.2) is 0 Å². The number of amides is 10. The Kier molecular flexibility index (Phi) is 19.8. The number of imide groups is 2. The first kappa shape index (κ1) is 65.7. The molecule has 0 saturated carbocycles. The van der Waals surface area contributed by atoms with Gasteiger partial charge in [0.05, 0.1) is 22.5 Å². The molecule has 30 heteroatoms. The van der Waals surface area contributed by atoms with Crippen LogP contribution in [0.15, 0.2) is 66.7 Å². The lowest BCUT2D eigenvalue weighted by atomic mass is 9.86. The molecule has 9 N–H and O–H groups in total. The largest absolute Gasteiger partial charge is 0.399 e. The molecule has 24 nitrogen and oxygen atoms in total. The summed E-state index contributed by atoms with van der Waals surface area (Å²) in [5.41, 5.74) is 2.48. The number of nitrogens with two attached hydrogens (primary N) is 1. The molecule has 1 aromatic heterocycles. The van der Waals surface area contributed by atoms with Crippen molar-refractivity contribution in [1.29, 1.82) is 0 Å². The van der Waals surface area contributed by atoms with Crippen LogP contribution in [0.3, 0.4) is 0 Å². The molecule has 9 rings (SSSR count). The Balaban J connectivity index is 0.863. The number of piperazine rings is 1. The normalized spacial score (nSPS) is 21.2. The molecular formula is C59H70F4N11O13PS. The molecule has 1 unspecified atom stereocenters. The van der Waals surface area contributed by atoms with Crippen molar-refractivity contribution in [3.05, 3.63) is 99.4 Å². The van der Waals surface area contributed by atoms with Crippen molar-refractivity contribution in [3.8, 4) is 0 Å². The minimum Gasteiger partial charge on any atom is -0.370 e. The summed E-state index contributed by atoms with van der Waals surface area (Å²) in [4.78, 5) is 161. The molecule has 0 aliphatic carbocycles. The quantitative estimate of drug-likeness (QED) is 0.0338. The Hall–Kier alpha value is -7.69. The van der Waals surface area contributed by atoms with Crippen LogP contribution in [0.4, 0.5) is 23.2 Å². The number of thiophene rings is 1. The molecule has 10 amide bonds. The zero-order chi connectivity index (χ0) is 64.4. The van der Waals surface area contributed by atoms with E-state index in [0.29, 0.717) is 44.0 Å². The maximum atomic E-state index is 14.7. The highest BCUT2D eigenvalue weighted by molar-refractivity contribution is 7.52. The number of carbonyl (C=O) groups excluding carboxylic acids is 10. The van der Waals surface area contributed by atoms with Gasteiger partial charge in [0.25, 0.3) is 24.1 Å². The highest BCUT2D eigenvalue weighted by Gasteiger charge is 2.51. The number of piperidine rings is 1. The van der Waals surface area contributed by atoms with Gasteiger partial charge >= 0.3 is 13.3 Å². The monoisotopic (exact) mass is 1280 g/mol. The van der Waals surface area contributed by atoms with Gasteiger partial charge in [-0.15, -0.1) is 11.3 Å². The number of carbonyl (C=O) groups is 10. The number of nitrogens with one attached hydrogen (secondary N) is 5. The Labute approximate surface area is 512 Å². The molecule has 6 heterocycles. The molecule has 0 radical (unpaired) electrons. The minimum absolute atomic E-state index is 0.00529. The van der Waals surface area contributed by atoms with Gasteiger partial charge in [0, 0.05) is 93.6 Å². The fourth-order valence-corrected chi connectivity index (χ4v) is 13.4. The van der Waals surface area contributed by atoms with Crippen molar-refractivity contribution in [2.75, 3.05) is 63.8 Å². The number of rotatable bonds is 21. The van der Waals surface area contributed by atoms with Gasteiger partial charge in [-0.1, -0.05) is 51.1 Å². The average molecular weight is 1280 g/mol. The summed E-state index contributed by atoms with van der Waals surface area (Å²) in [5.74, 6) is -7.21. The molecule has 4 fully saturated rings. The summed E-state index contributed by atoms with van der Waals surface area (Å²) in [6, 6.07) is 8.98. The van der Waals surface area contributed by atoms with E-state index >= 15 is 0 Å². The molecule has 89 heavy (non-hydrogen) atoms. The zero-order valence-corrected chi connectivity index (χ0v) is 50.7. The van der Waals surface area contributed by atoms with Gasteiger partial charge < -0.3 is 46.6 Å². The highest BCUT2D eigenvalue weighted by atomic mass is 32.1. The van der Waals surface area contributed by atoms with Crippen LogP contribution in [0.5, 0.6) is 0 Å². The SMILES string of the molecule is CC(C)(C)c1ccc(C[C@H](NC(=O)[C@H](CCC(N)=O)NC(=O)[C@@H]2CC[C@@H]3CCN(CC(F)F)C[C@H](NC(=O)c4cc5cc(C(F)(F)P(=O)(O)O)ccc5s4)C(=O)N32)C(=O)NCCN2CCN(c3ccc4c(c3)C(=O)N(C3CCC(=O)NC3=O)C4=O)CC2)cc1. The number of nitrogens with zero attached hydrogens (tertiary/aromatic N) is 5. The van der Waals surface area contributed by atoms with E-state index in [2.05, 4.69) is 31.5 Å². The molecule has 3 aromatic carbocycles. The number of hydrogen-bond acceptors (Lipinski definition) is 15. The van der Waals surface area contributed by atoms with E-state index in [1.807, 2.05) is 49.9 Å². The van der Waals surface area contributed by atoms with Gasteiger partial charge in [-0.3, -0.25) is 72.5 Å². The van der Waals surface area contributed by atoms with E-state index in [4.69, 9.17) is 5.73 Å². The number of fused-ring (bicyclic) bond motifs is 3. The molecule has 5 aliphatic heterocycles. The van der Waals surface area contributed by atoms with Gasteiger partial charge in [0.1, 0.15) is 30.2 Å². The van der Waals surface area contributed by atoms with Gasteiger partial charge in [-0.05, 0) is 90.4 Å². The Bertz CT molecular complexity index is 3500. The number of hydrogen-bond donors (Lipinski definition) is 8. The van der Waals surface area contributed by atoms with Crippen molar-refractivity contribution >= 4 is 93.8 Å². The number of halogens is 4. The van der Waals surface area contributed by atoms with Crippen LogP contribution in [0.1, 0.15) is 113 Å². The smallest absolute Gasteiger partial charge is 0.370 e. The molecule has 0 spiro atoms. The first-order valence-electron chi connectivity index (χ1n) is 29.2. The van der Waals surface area contributed by atoms with Crippen molar-refractivity contribution < 1.29 is 79.9 Å².